The Hall–Kier alpha value is -2.82. The quantitative estimate of drug-likeness (QED) is 0.801. The van der Waals surface area contributed by atoms with Gasteiger partial charge < -0.3 is 9.52 Å². The maximum Gasteiger partial charge on any atom is 0.373 e. The van der Waals surface area contributed by atoms with Crippen LogP contribution in [0.15, 0.2) is 51.9 Å². The van der Waals surface area contributed by atoms with Gasteiger partial charge in [-0.3, -0.25) is 9.20 Å². The molecule has 5 heteroatoms. The largest absolute Gasteiger partial charge is 0.475 e. The first kappa shape index (κ1) is 13.2. The van der Waals surface area contributed by atoms with Crippen molar-refractivity contribution in [1.29, 1.82) is 0 Å². The van der Waals surface area contributed by atoms with Gasteiger partial charge in [0.2, 0.25) is 11.5 Å². The van der Waals surface area contributed by atoms with Crippen LogP contribution < -0.4 is 5.43 Å². The van der Waals surface area contributed by atoms with E-state index in [1.165, 1.54) is 6.20 Å². The Morgan fingerprint density at radius 1 is 1.24 bits per heavy atom. The first-order chi connectivity index (χ1) is 10.1. The average Bonchev–Trinajstić information content (AvgIpc) is 2.90. The molecule has 3 rings (SSSR count). The molecule has 3 aromatic rings. The molecule has 0 amide bonds. The van der Waals surface area contributed by atoms with Gasteiger partial charge in [-0.25, -0.2) is 4.79 Å². The third-order valence-corrected chi connectivity index (χ3v) is 3.39. The second kappa shape index (κ2) is 4.94. The Kier molecular flexibility index (Phi) is 3.10. The molecule has 0 fully saturated rings. The summed E-state index contributed by atoms with van der Waals surface area (Å²) in [6, 6.07) is 9.64. The Labute approximate surface area is 120 Å². The van der Waals surface area contributed by atoms with E-state index in [2.05, 4.69) is 0 Å². The summed E-state index contributed by atoms with van der Waals surface area (Å²) in [5.41, 5.74) is 2.19. The van der Waals surface area contributed by atoms with Gasteiger partial charge in [0.1, 0.15) is 0 Å². The lowest BCUT2D eigenvalue weighted by Gasteiger charge is -2.04. The second-order valence-corrected chi connectivity index (χ2v) is 4.88. The maximum absolute atomic E-state index is 12.3. The van der Waals surface area contributed by atoms with Gasteiger partial charge in [-0.1, -0.05) is 30.3 Å². The molecule has 0 aliphatic rings. The molecule has 0 spiro atoms. The van der Waals surface area contributed by atoms with Crippen molar-refractivity contribution in [2.24, 2.45) is 0 Å². The van der Waals surface area contributed by atoms with Crippen LogP contribution in [-0.2, 0) is 6.42 Å². The number of nitrogens with zero attached hydrogens (tertiary/aromatic N) is 1. The SMILES string of the molecule is Cc1c(=O)c(Cc2ccccc2)cn2cc(C(=O)O)oc12. The van der Waals surface area contributed by atoms with Gasteiger partial charge in [-0.05, 0) is 12.5 Å². The second-order valence-electron chi connectivity index (χ2n) is 4.88. The molecule has 0 saturated heterocycles. The third-order valence-electron chi connectivity index (χ3n) is 3.39. The van der Waals surface area contributed by atoms with Crippen molar-refractivity contribution in [2.75, 3.05) is 0 Å². The molecule has 0 saturated carbocycles. The summed E-state index contributed by atoms with van der Waals surface area (Å²) in [5, 5.41) is 8.97. The molecule has 0 radical (unpaired) electrons. The minimum Gasteiger partial charge on any atom is -0.475 e. The number of oxazole rings is 1. The lowest BCUT2D eigenvalue weighted by molar-refractivity contribution is 0.0665. The molecule has 5 nitrogen and oxygen atoms in total. The molecular formula is C16H13NO4. The summed E-state index contributed by atoms with van der Waals surface area (Å²) < 4.78 is 6.76. The molecule has 1 N–H and O–H groups in total. The van der Waals surface area contributed by atoms with E-state index in [1.54, 1.807) is 17.5 Å². The van der Waals surface area contributed by atoms with Crippen molar-refractivity contribution < 1.29 is 14.3 Å². The number of carboxylic acid groups (broad SMARTS) is 1. The van der Waals surface area contributed by atoms with Crippen molar-refractivity contribution in [3.8, 4) is 0 Å². The molecule has 21 heavy (non-hydrogen) atoms. The van der Waals surface area contributed by atoms with E-state index < -0.39 is 5.97 Å². The molecule has 1 aromatic carbocycles. The fourth-order valence-electron chi connectivity index (χ4n) is 2.34. The van der Waals surface area contributed by atoms with Crippen molar-refractivity contribution >= 4 is 11.7 Å². The summed E-state index contributed by atoms with van der Waals surface area (Å²) in [5.74, 6) is -1.34. The van der Waals surface area contributed by atoms with Crippen LogP contribution in [0.1, 0.15) is 27.2 Å². The molecule has 0 atom stereocenters. The van der Waals surface area contributed by atoms with E-state index >= 15 is 0 Å². The molecule has 0 aliphatic heterocycles. The predicted molar refractivity (Wildman–Crippen MR) is 76.9 cm³/mol. The first-order valence-electron chi connectivity index (χ1n) is 6.48. The third kappa shape index (κ3) is 2.33. The van der Waals surface area contributed by atoms with Gasteiger partial charge in [0, 0.05) is 18.2 Å². The first-order valence-corrected chi connectivity index (χ1v) is 6.48. The number of aromatic nitrogens is 1. The van der Waals surface area contributed by atoms with Crippen molar-refractivity contribution in [3.63, 3.8) is 0 Å². The minimum absolute atomic E-state index is 0.120. The molecule has 0 unspecified atom stereocenters. The van der Waals surface area contributed by atoms with Gasteiger partial charge in [-0.2, -0.15) is 0 Å². The molecular weight excluding hydrogens is 270 g/mol. The zero-order valence-electron chi connectivity index (χ0n) is 11.4. The number of benzene rings is 1. The van der Waals surface area contributed by atoms with Gasteiger partial charge in [0.05, 0.1) is 11.8 Å². The summed E-state index contributed by atoms with van der Waals surface area (Å²) in [7, 11) is 0. The maximum atomic E-state index is 12.3. The molecule has 0 aliphatic carbocycles. The van der Waals surface area contributed by atoms with Crippen LogP contribution >= 0.6 is 0 Å². The van der Waals surface area contributed by atoms with Gasteiger partial charge in [0.15, 0.2) is 5.43 Å². The summed E-state index contributed by atoms with van der Waals surface area (Å²) in [6.45, 7) is 1.64. The molecule has 0 bridgehead atoms. The zero-order chi connectivity index (χ0) is 15.0. The lowest BCUT2D eigenvalue weighted by Crippen LogP contribution is -2.14. The van der Waals surface area contributed by atoms with E-state index in [1.807, 2.05) is 30.3 Å². The van der Waals surface area contributed by atoms with Crippen LogP contribution in [0.25, 0.3) is 5.71 Å². The molecule has 2 heterocycles. The Bertz CT molecular complexity index is 874. The van der Waals surface area contributed by atoms with E-state index in [0.717, 1.165) is 5.56 Å². The number of carbonyl (C=O) groups is 1. The van der Waals surface area contributed by atoms with Crippen LogP contribution in [-0.4, -0.2) is 15.5 Å². The number of hydrogen-bond donors (Lipinski definition) is 1. The lowest BCUT2D eigenvalue weighted by atomic mass is 10.0. The number of rotatable bonds is 3. The Morgan fingerprint density at radius 3 is 2.62 bits per heavy atom. The summed E-state index contributed by atoms with van der Waals surface area (Å²) >= 11 is 0. The van der Waals surface area contributed by atoms with Crippen molar-refractivity contribution in [2.45, 2.75) is 13.3 Å². The predicted octanol–water partition coefficient (Wildman–Crippen LogP) is 2.49. The van der Waals surface area contributed by atoms with Crippen LogP contribution in [0.2, 0.25) is 0 Å². The number of carboxylic acids is 1. The van der Waals surface area contributed by atoms with Crippen molar-refractivity contribution in [3.05, 3.63) is 75.4 Å². The van der Waals surface area contributed by atoms with Crippen LogP contribution in [0, 0.1) is 6.92 Å². The summed E-state index contributed by atoms with van der Waals surface area (Å²) in [6.07, 6.45) is 3.50. The highest BCUT2D eigenvalue weighted by Gasteiger charge is 2.15. The number of aryl methyl sites for hydroxylation is 1. The number of aromatic carboxylic acids is 1. The normalized spacial score (nSPS) is 10.9. The number of hydrogen-bond acceptors (Lipinski definition) is 3. The minimum atomic E-state index is -1.16. The summed E-state index contributed by atoms with van der Waals surface area (Å²) in [4.78, 5) is 23.3. The monoisotopic (exact) mass is 283 g/mol. The standard InChI is InChI=1S/C16H13NO4/c1-10-14(18)12(7-11-5-3-2-4-6-11)8-17-9-13(16(19)20)21-15(10)17/h2-6,8-9H,7H2,1H3,(H,19,20). The van der Waals surface area contributed by atoms with E-state index in [-0.39, 0.29) is 16.9 Å². The fourth-order valence-corrected chi connectivity index (χ4v) is 2.34. The highest BCUT2D eigenvalue weighted by atomic mass is 16.4. The van der Waals surface area contributed by atoms with E-state index in [9.17, 15) is 9.59 Å². The Balaban J connectivity index is 2.13. The van der Waals surface area contributed by atoms with E-state index in [0.29, 0.717) is 17.5 Å². The molecule has 106 valence electrons. The van der Waals surface area contributed by atoms with Crippen LogP contribution in [0.5, 0.6) is 0 Å². The smallest absolute Gasteiger partial charge is 0.373 e. The van der Waals surface area contributed by atoms with Crippen LogP contribution in [0.3, 0.4) is 0 Å². The highest BCUT2D eigenvalue weighted by molar-refractivity contribution is 5.84. The fraction of sp³-hybridized carbons (Fsp3) is 0.125. The topological polar surface area (TPSA) is 71.9 Å². The van der Waals surface area contributed by atoms with Crippen LogP contribution in [0.4, 0.5) is 0 Å². The number of pyridine rings is 1. The van der Waals surface area contributed by atoms with Gasteiger partial charge in [-0.15, -0.1) is 0 Å². The molecule has 2 aromatic heterocycles. The van der Waals surface area contributed by atoms with Gasteiger partial charge >= 0.3 is 5.97 Å². The Morgan fingerprint density at radius 2 is 1.95 bits per heavy atom. The zero-order valence-corrected chi connectivity index (χ0v) is 11.4. The highest BCUT2D eigenvalue weighted by Crippen LogP contribution is 2.15. The number of fused-ring (bicyclic) bond motifs is 1. The van der Waals surface area contributed by atoms with E-state index in [4.69, 9.17) is 9.52 Å². The van der Waals surface area contributed by atoms with Crippen molar-refractivity contribution in [1.82, 2.24) is 4.40 Å². The van der Waals surface area contributed by atoms with Gasteiger partial charge in [0.25, 0.3) is 0 Å². The average molecular weight is 283 g/mol.